The standard InChI is InChI=1S/C21H25N5O/c1-15-4-3-5-18(12-15)19-13-23-24-20(19)17-6-9-25(10-7-17)21(27)16(2)26-11-8-22-14-26/h3-5,8,11-14,16-17H,6-7,9-10H2,1-2H3,(H,23,24)/t16-/m1/s1. The molecule has 1 aromatic carbocycles. The molecule has 2 aromatic heterocycles. The molecule has 27 heavy (non-hydrogen) atoms. The molecule has 0 unspecified atom stereocenters. The first-order valence-electron chi connectivity index (χ1n) is 9.50. The number of nitrogens with one attached hydrogen (secondary N) is 1. The average molecular weight is 363 g/mol. The van der Waals surface area contributed by atoms with E-state index in [-0.39, 0.29) is 11.9 Å². The van der Waals surface area contributed by atoms with E-state index in [2.05, 4.69) is 46.4 Å². The number of aromatic nitrogens is 4. The smallest absolute Gasteiger partial charge is 0.245 e. The predicted octanol–water partition coefficient (Wildman–Crippen LogP) is 3.55. The van der Waals surface area contributed by atoms with E-state index in [1.165, 1.54) is 22.4 Å². The number of aromatic amines is 1. The van der Waals surface area contributed by atoms with Crippen molar-refractivity contribution in [1.82, 2.24) is 24.6 Å². The van der Waals surface area contributed by atoms with Crippen molar-refractivity contribution in [3.63, 3.8) is 0 Å². The number of H-pyrrole nitrogens is 1. The van der Waals surface area contributed by atoms with Crippen molar-refractivity contribution in [3.8, 4) is 11.1 Å². The molecule has 3 heterocycles. The maximum Gasteiger partial charge on any atom is 0.245 e. The molecule has 3 aromatic rings. The lowest BCUT2D eigenvalue weighted by molar-refractivity contribution is -0.135. The lowest BCUT2D eigenvalue weighted by atomic mass is 9.89. The van der Waals surface area contributed by atoms with Gasteiger partial charge in [0, 0.05) is 42.7 Å². The van der Waals surface area contributed by atoms with E-state index < -0.39 is 0 Å². The van der Waals surface area contributed by atoms with Gasteiger partial charge in [0.1, 0.15) is 6.04 Å². The van der Waals surface area contributed by atoms with Gasteiger partial charge in [0.15, 0.2) is 0 Å². The maximum atomic E-state index is 12.8. The quantitative estimate of drug-likeness (QED) is 0.771. The van der Waals surface area contributed by atoms with E-state index in [1.54, 1.807) is 12.5 Å². The van der Waals surface area contributed by atoms with Gasteiger partial charge in [-0.05, 0) is 32.3 Å². The zero-order valence-corrected chi connectivity index (χ0v) is 15.8. The summed E-state index contributed by atoms with van der Waals surface area (Å²) in [4.78, 5) is 18.8. The van der Waals surface area contributed by atoms with Gasteiger partial charge in [0.05, 0.1) is 12.5 Å². The van der Waals surface area contributed by atoms with Gasteiger partial charge in [-0.15, -0.1) is 0 Å². The van der Waals surface area contributed by atoms with E-state index >= 15 is 0 Å². The van der Waals surface area contributed by atoms with Crippen LogP contribution < -0.4 is 0 Å². The van der Waals surface area contributed by atoms with Crippen LogP contribution in [-0.4, -0.2) is 43.6 Å². The zero-order valence-electron chi connectivity index (χ0n) is 15.8. The average Bonchev–Trinajstić information content (AvgIpc) is 3.39. The second kappa shape index (κ2) is 7.39. The second-order valence-corrected chi connectivity index (χ2v) is 7.35. The lowest BCUT2D eigenvalue weighted by Gasteiger charge is -2.33. The molecular weight excluding hydrogens is 338 g/mol. The minimum Gasteiger partial charge on any atom is -0.341 e. The van der Waals surface area contributed by atoms with E-state index in [0.29, 0.717) is 5.92 Å². The third-order valence-electron chi connectivity index (χ3n) is 5.54. The fourth-order valence-electron chi connectivity index (χ4n) is 3.93. The van der Waals surface area contributed by atoms with Gasteiger partial charge in [-0.25, -0.2) is 4.98 Å². The van der Waals surface area contributed by atoms with Crippen LogP contribution in [0.4, 0.5) is 0 Å². The highest BCUT2D eigenvalue weighted by molar-refractivity contribution is 5.80. The topological polar surface area (TPSA) is 66.8 Å². The first-order valence-corrected chi connectivity index (χ1v) is 9.50. The predicted molar refractivity (Wildman–Crippen MR) is 104 cm³/mol. The van der Waals surface area contributed by atoms with Gasteiger partial charge in [-0.3, -0.25) is 9.89 Å². The number of hydrogen-bond acceptors (Lipinski definition) is 3. The van der Waals surface area contributed by atoms with Crippen LogP contribution in [0.15, 0.2) is 49.2 Å². The van der Waals surface area contributed by atoms with Crippen LogP contribution in [0.2, 0.25) is 0 Å². The molecule has 0 spiro atoms. The lowest BCUT2D eigenvalue weighted by Crippen LogP contribution is -2.41. The molecule has 1 amide bonds. The molecule has 0 saturated carbocycles. The number of nitrogens with zero attached hydrogens (tertiary/aromatic N) is 4. The minimum atomic E-state index is -0.209. The molecule has 0 aliphatic carbocycles. The fourth-order valence-corrected chi connectivity index (χ4v) is 3.93. The Morgan fingerprint density at radius 1 is 1.30 bits per heavy atom. The van der Waals surface area contributed by atoms with E-state index in [0.717, 1.165) is 25.9 Å². The summed E-state index contributed by atoms with van der Waals surface area (Å²) in [6.45, 7) is 5.58. The van der Waals surface area contributed by atoms with Gasteiger partial charge in [0.2, 0.25) is 5.91 Å². The van der Waals surface area contributed by atoms with Crippen molar-refractivity contribution >= 4 is 5.91 Å². The number of amides is 1. The van der Waals surface area contributed by atoms with Crippen LogP contribution in [0, 0.1) is 6.92 Å². The minimum absolute atomic E-state index is 0.162. The molecule has 1 aliphatic heterocycles. The Kier molecular flexibility index (Phi) is 4.79. The van der Waals surface area contributed by atoms with Crippen LogP contribution in [-0.2, 0) is 4.79 Å². The van der Waals surface area contributed by atoms with Gasteiger partial charge >= 0.3 is 0 Å². The molecule has 6 nitrogen and oxygen atoms in total. The Bertz CT molecular complexity index is 906. The Morgan fingerprint density at radius 3 is 2.81 bits per heavy atom. The van der Waals surface area contributed by atoms with Crippen LogP contribution in [0.25, 0.3) is 11.1 Å². The Morgan fingerprint density at radius 2 is 2.11 bits per heavy atom. The molecule has 1 aliphatic rings. The number of hydrogen-bond donors (Lipinski definition) is 1. The number of imidazole rings is 1. The Labute approximate surface area is 159 Å². The van der Waals surface area contributed by atoms with E-state index in [4.69, 9.17) is 0 Å². The van der Waals surface area contributed by atoms with E-state index in [1.807, 2.05) is 28.8 Å². The molecule has 1 atom stereocenters. The van der Waals surface area contributed by atoms with Crippen LogP contribution >= 0.6 is 0 Å². The summed E-state index contributed by atoms with van der Waals surface area (Å²) in [7, 11) is 0. The van der Waals surface area contributed by atoms with Crippen LogP contribution in [0.1, 0.15) is 43.0 Å². The molecule has 0 radical (unpaired) electrons. The molecule has 140 valence electrons. The normalized spacial score (nSPS) is 16.4. The number of carbonyl (C=O) groups excluding carboxylic acids is 1. The van der Waals surface area contributed by atoms with Gasteiger partial charge in [-0.2, -0.15) is 5.10 Å². The Balaban J connectivity index is 1.45. The van der Waals surface area contributed by atoms with Gasteiger partial charge in [-0.1, -0.05) is 29.8 Å². The third kappa shape index (κ3) is 3.52. The monoisotopic (exact) mass is 363 g/mol. The first kappa shape index (κ1) is 17.5. The van der Waals surface area contributed by atoms with Crippen LogP contribution in [0.3, 0.4) is 0 Å². The molecule has 6 heteroatoms. The summed E-state index contributed by atoms with van der Waals surface area (Å²) in [5.41, 5.74) is 4.81. The van der Waals surface area contributed by atoms with Crippen molar-refractivity contribution < 1.29 is 4.79 Å². The van der Waals surface area contributed by atoms with Gasteiger partial charge < -0.3 is 9.47 Å². The molecule has 1 saturated heterocycles. The number of likely N-dealkylation sites (tertiary alicyclic amines) is 1. The SMILES string of the molecule is Cc1cccc(-c2cn[nH]c2C2CCN(C(=O)[C@@H](C)n3ccnc3)CC2)c1. The summed E-state index contributed by atoms with van der Waals surface area (Å²) in [5, 5.41) is 7.52. The van der Waals surface area contributed by atoms with Crippen molar-refractivity contribution in [1.29, 1.82) is 0 Å². The van der Waals surface area contributed by atoms with Gasteiger partial charge in [0.25, 0.3) is 0 Å². The van der Waals surface area contributed by atoms with Crippen molar-refractivity contribution in [2.75, 3.05) is 13.1 Å². The molecule has 1 N–H and O–H groups in total. The summed E-state index contributed by atoms with van der Waals surface area (Å²) >= 11 is 0. The number of benzene rings is 1. The number of carbonyl (C=O) groups is 1. The molecular formula is C21H25N5O. The highest BCUT2D eigenvalue weighted by Gasteiger charge is 2.29. The third-order valence-corrected chi connectivity index (χ3v) is 5.54. The number of rotatable bonds is 4. The fraction of sp³-hybridized carbons (Fsp3) is 0.381. The van der Waals surface area contributed by atoms with Crippen molar-refractivity contribution in [2.24, 2.45) is 0 Å². The van der Waals surface area contributed by atoms with E-state index in [9.17, 15) is 4.79 Å². The first-order chi connectivity index (χ1) is 13.1. The summed E-state index contributed by atoms with van der Waals surface area (Å²) in [5.74, 6) is 0.561. The zero-order chi connectivity index (χ0) is 18.8. The highest BCUT2D eigenvalue weighted by atomic mass is 16.2. The highest BCUT2D eigenvalue weighted by Crippen LogP contribution is 2.34. The summed E-state index contributed by atoms with van der Waals surface area (Å²) in [6, 6.07) is 8.31. The second-order valence-electron chi connectivity index (χ2n) is 7.35. The number of aryl methyl sites for hydroxylation is 1. The Hall–Kier alpha value is -2.89. The summed E-state index contributed by atoms with van der Waals surface area (Å²) in [6.07, 6.45) is 9.07. The number of piperidine rings is 1. The molecule has 4 rings (SSSR count). The molecule has 0 bridgehead atoms. The molecule has 1 fully saturated rings. The largest absolute Gasteiger partial charge is 0.341 e. The summed E-state index contributed by atoms with van der Waals surface area (Å²) < 4.78 is 1.86. The van der Waals surface area contributed by atoms with Crippen molar-refractivity contribution in [2.45, 2.75) is 38.6 Å². The maximum absolute atomic E-state index is 12.8. The van der Waals surface area contributed by atoms with Crippen molar-refractivity contribution in [3.05, 3.63) is 60.4 Å². The van der Waals surface area contributed by atoms with Crippen LogP contribution in [0.5, 0.6) is 0 Å².